The third-order valence-electron chi connectivity index (χ3n) is 0.685. The molecule has 0 aliphatic rings. The predicted octanol–water partition coefficient (Wildman–Crippen LogP) is 0.730. The lowest BCUT2D eigenvalue weighted by molar-refractivity contribution is 0.162. The Labute approximate surface area is 72.1 Å². The summed E-state index contributed by atoms with van der Waals surface area (Å²) in [5, 5.41) is 7.66. The van der Waals surface area contributed by atoms with Crippen molar-refractivity contribution in [2.45, 2.75) is 13.8 Å². The molecule has 0 amide bonds. The fraction of sp³-hybridized carbons (Fsp3) is 0.833. The molecular weight excluding hydrogens is 181 g/mol. The predicted molar refractivity (Wildman–Crippen MR) is 44.7 cm³/mol. The Kier molecular flexibility index (Phi) is 10.2. The Morgan fingerprint density at radius 2 is 1.83 bits per heavy atom. The lowest BCUT2D eigenvalue weighted by atomic mass is 10.8. The molecule has 0 spiro atoms. The van der Waals surface area contributed by atoms with E-state index in [2.05, 4.69) is 0 Å². The highest BCUT2D eigenvalue weighted by Crippen LogP contribution is 2.32. The van der Waals surface area contributed by atoms with E-state index in [0.717, 1.165) is 13.2 Å². The zero-order valence-corrected chi connectivity index (χ0v) is 8.12. The van der Waals surface area contributed by atoms with Crippen LogP contribution in [0.5, 0.6) is 0 Å². The Hall–Kier alpha value is -0.400. The van der Waals surface area contributed by atoms with Crippen molar-refractivity contribution >= 4 is 7.60 Å². The molecule has 2 N–H and O–H groups in total. The van der Waals surface area contributed by atoms with Gasteiger partial charge in [0.1, 0.15) is 6.16 Å². The summed E-state index contributed by atoms with van der Waals surface area (Å²) in [5.74, 6) is 0. The molecule has 0 bridgehead atoms. The van der Waals surface area contributed by atoms with Crippen LogP contribution in [0.1, 0.15) is 13.8 Å². The van der Waals surface area contributed by atoms with Gasteiger partial charge in [0.15, 0.2) is 0 Å². The zero-order chi connectivity index (χ0) is 10.0. The summed E-state index contributed by atoms with van der Waals surface area (Å²) in [5.41, 5.74) is 0. The third-order valence-corrected chi connectivity index (χ3v) is 1.24. The molecular formula is C6H14NO4P. The molecule has 5 nitrogen and oxygen atoms in total. The van der Waals surface area contributed by atoms with E-state index in [1.807, 2.05) is 13.8 Å². The smallest absolute Gasteiger partial charge is 0.339 e. The van der Waals surface area contributed by atoms with Gasteiger partial charge in [-0.15, -0.1) is 0 Å². The summed E-state index contributed by atoms with van der Waals surface area (Å²) in [6, 6.07) is 1.34. The Morgan fingerprint density at radius 1 is 1.42 bits per heavy atom. The van der Waals surface area contributed by atoms with Gasteiger partial charge >= 0.3 is 7.60 Å². The maximum atomic E-state index is 9.70. The Bertz CT molecular complexity index is 169. The van der Waals surface area contributed by atoms with Gasteiger partial charge in [-0.25, -0.2) is 0 Å². The van der Waals surface area contributed by atoms with Gasteiger partial charge in [-0.05, 0) is 13.8 Å². The molecule has 0 aromatic rings. The maximum Gasteiger partial charge on any atom is 0.339 e. The van der Waals surface area contributed by atoms with Crippen molar-refractivity contribution < 1.29 is 19.1 Å². The second-order valence-corrected chi connectivity index (χ2v) is 3.41. The molecule has 0 aromatic heterocycles. The second-order valence-electron chi connectivity index (χ2n) is 1.76. The molecule has 0 aromatic carbocycles. The maximum absolute atomic E-state index is 9.70. The van der Waals surface area contributed by atoms with Gasteiger partial charge in [0.2, 0.25) is 0 Å². The van der Waals surface area contributed by atoms with E-state index >= 15 is 0 Å². The van der Waals surface area contributed by atoms with E-state index in [0.29, 0.717) is 0 Å². The van der Waals surface area contributed by atoms with Crippen molar-refractivity contribution in [3.05, 3.63) is 0 Å². The number of rotatable bonds is 3. The molecule has 0 heterocycles. The van der Waals surface area contributed by atoms with E-state index < -0.39 is 13.8 Å². The van der Waals surface area contributed by atoms with Crippen LogP contribution in [-0.2, 0) is 9.30 Å². The van der Waals surface area contributed by atoms with Crippen molar-refractivity contribution in [2.75, 3.05) is 19.4 Å². The van der Waals surface area contributed by atoms with E-state index in [9.17, 15) is 4.57 Å². The Morgan fingerprint density at radius 3 is 1.83 bits per heavy atom. The molecule has 12 heavy (non-hydrogen) atoms. The summed E-state index contributed by atoms with van der Waals surface area (Å²) in [4.78, 5) is 15.8. The lowest BCUT2D eigenvalue weighted by Crippen LogP contribution is -1.84. The molecule has 72 valence electrons. The van der Waals surface area contributed by atoms with Crippen molar-refractivity contribution in [3.63, 3.8) is 0 Å². The largest absolute Gasteiger partial charge is 0.382 e. The minimum atomic E-state index is -4.03. The summed E-state index contributed by atoms with van der Waals surface area (Å²) in [6.45, 7) is 5.67. The first-order valence-electron chi connectivity index (χ1n) is 3.47. The van der Waals surface area contributed by atoms with Crippen molar-refractivity contribution in [1.82, 2.24) is 0 Å². The van der Waals surface area contributed by atoms with Crippen LogP contribution >= 0.6 is 7.60 Å². The fourth-order valence-corrected chi connectivity index (χ4v) is 0.480. The zero-order valence-electron chi connectivity index (χ0n) is 7.23. The second kappa shape index (κ2) is 8.69. The standard InChI is InChI=1S/C4H10O.C2H4NO3P/c1-3-5-4-2;3-1-2-7(4,5)6/h3-4H2,1-2H3;2H2,(H2,4,5,6). The number of ether oxygens (including phenoxy) is 1. The molecule has 0 unspecified atom stereocenters. The van der Waals surface area contributed by atoms with Gasteiger partial charge in [-0.3, -0.25) is 4.57 Å². The topological polar surface area (TPSA) is 90.5 Å². The van der Waals surface area contributed by atoms with Crippen molar-refractivity contribution in [2.24, 2.45) is 0 Å². The van der Waals surface area contributed by atoms with Gasteiger partial charge in [0.25, 0.3) is 0 Å². The first-order chi connectivity index (χ1) is 5.47. The molecule has 0 saturated carbocycles. The normalized spacial score (nSPS) is 9.58. The quantitative estimate of drug-likeness (QED) is 0.648. The van der Waals surface area contributed by atoms with Crippen LogP contribution in [0.2, 0.25) is 0 Å². The number of nitrogens with zero attached hydrogens (tertiary/aromatic N) is 1. The minimum absolute atomic E-state index is 0.688. The highest BCUT2D eigenvalue weighted by molar-refractivity contribution is 7.52. The van der Waals surface area contributed by atoms with E-state index in [-0.39, 0.29) is 0 Å². The molecule has 6 heteroatoms. The molecule has 0 radical (unpaired) electrons. The van der Waals surface area contributed by atoms with Crippen LogP contribution < -0.4 is 0 Å². The first-order valence-corrected chi connectivity index (χ1v) is 5.27. The van der Waals surface area contributed by atoms with Gasteiger partial charge in [-0.2, -0.15) is 5.26 Å². The average Bonchev–Trinajstić information content (AvgIpc) is 1.87. The summed E-state index contributed by atoms with van der Waals surface area (Å²) >= 11 is 0. The van der Waals surface area contributed by atoms with Gasteiger partial charge < -0.3 is 14.5 Å². The molecule has 0 fully saturated rings. The summed E-state index contributed by atoms with van der Waals surface area (Å²) in [7, 11) is -4.03. The minimum Gasteiger partial charge on any atom is -0.382 e. The van der Waals surface area contributed by atoms with Gasteiger partial charge in [-0.1, -0.05) is 0 Å². The van der Waals surface area contributed by atoms with E-state index in [1.165, 1.54) is 6.07 Å². The number of hydrogen-bond donors (Lipinski definition) is 2. The number of nitriles is 1. The van der Waals surface area contributed by atoms with Crippen molar-refractivity contribution in [3.8, 4) is 6.07 Å². The van der Waals surface area contributed by atoms with Crippen LogP contribution in [0.3, 0.4) is 0 Å². The highest BCUT2D eigenvalue weighted by Gasteiger charge is 2.09. The highest BCUT2D eigenvalue weighted by atomic mass is 31.2. The number of hydrogen-bond acceptors (Lipinski definition) is 3. The van der Waals surface area contributed by atoms with Gasteiger partial charge in [0.05, 0.1) is 6.07 Å². The summed E-state index contributed by atoms with van der Waals surface area (Å²) < 4.78 is 14.5. The first kappa shape index (κ1) is 14.1. The Balaban J connectivity index is 0. The van der Waals surface area contributed by atoms with Crippen LogP contribution in [0.15, 0.2) is 0 Å². The SMILES string of the molecule is CCOCC.N#CCP(=O)(O)O. The molecule has 0 aliphatic carbocycles. The van der Waals surface area contributed by atoms with E-state index in [1.54, 1.807) is 0 Å². The molecule has 0 saturated heterocycles. The van der Waals surface area contributed by atoms with Crippen LogP contribution in [0.4, 0.5) is 0 Å². The third kappa shape index (κ3) is 22.6. The lowest BCUT2D eigenvalue weighted by Gasteiger charge is -1.90. The van der Waals surface area contributed by atoms with Crippen LogP contribution in [-0.4, -0.2) is 29.2 Å². The van der Waals surface area contributed by atoms with Crippen LogP contribution in [0, 0.1) is 11.3 Å². The molecule has 0 atom stereocenters. The van der Waals surface area contributed by atoms with E-state index in [4.69, 9.17) is 19.8 Å². The van der Waals surface area contributed by atoms with Gasteiger partial charge in [0, 0.05) is 13.2 Å². The summed E-state index contributed by atoms with van der Waals surface area (Å²) in [6.07, 6.45) is -0.688. The molecule has 0 rings (SSSR count). The van der Waals surface area contributed by atoms with Crippen molar-refractivity contribution in [1.29, 1.82) is 5.26 Å². The molecule has 0 aliphatic heterocycles. The monoisotopic (exact) mass is 195 g/mol. The fourth-order valence-electron chi connectivity index (χ4n) is 0.296. The van der Waals surface area contributed by atoms with Crippen LogP contribution in [0.25, 0.3) is 0 Å². The average molecular weight is 195 g/mol.